The number of aliphatic hydroxyl groups is 3. The van der Waals surface area contributed by atoms with E-state index in [9.17, 15) is 19.7 Å². The first-order valence-electron chi connectivity index (χ1n) is 9.26. The van der Waals surface area contributed by atoms with Crippen LogP contribution >= 0.6 is 35.0 Å². The van der Waals surface area contributed by atoms with Crippen molar-refractivity contribution in [1.82, 2.24) is 14.8 Å². The van der Waals surface area contributed by atoms with Gasteiger partial charge < -0.3 is 20.1 Å². The summed E-state index contributed by atoms with van der Waals surface area (Å²) in [4.78, 5) is 4.66. The summed E-state index contributed by atoms with van der Waals surface area (Å²) in [7, 11) is 0. The van der Waals surface area contributed by atoms with E-state index in [-0.39, 0.29) is 5.02 Å². The molecule has 1 aromatic carbocycles. The van der Waals surface area contributed by atoms with Crippen LogP contribution in [0.5, 0.6) is 0 Å². The fourth-order valence-corrected chi connectivity index (χ4v) is 4.83. The minimum atomic E-state index is -1.23. The Morgan fingerprint density at radius 1 is 1.10 bits per heavy atom. The molecule has 0 aliphatic carbocycles. The van der Waals surface area contributed by atoms with Crippen LogP contribution in [0.3, 0.4) is 0 Å². The van der Waals surface area contributed by atoms with Crippen LogP contribution in [0, 0.1) is 5.82 Å². The van der Waals surface area contributed by atoms with E-state index < -0.39 is 42.2 Å². The summed E-state index contributed by atoms with van der Waals surface area (Å²) in [6.45, 7) is -0.453. The molecule has 11 heteroatoms. The molecule has 3 heterocycles. The van der Waals surface area contributed by atoms with Gasteiger partial charge in [0.05, 0.1) is 22.8 Å². The van der Waals surface area contributed by atoms with Crippen molar-refractivity contribution in [3.8, 4) is 11.1 Å². The zero-order valence-corrected chi connectivity index (χ0v) is 18.2. The van der Waals surface area contributed by atoms with E-state index in [0.29, 0.717) is 21.0 Å². The molecule has 0 bridgehead atoms. The number of benzene rings is 1. The summed E-state index contributed by atoms with van der Waals surface area (Å²) < 4.78 is 20.9. The first-order chi connectivity index (χ1) is 14.9. The van der Waals surface area contributed by atoms with Gasteiger partial charge in [0.25, 0.3) is 0 Å². The highest BCUT2D eigenvalue weighted by Crippen LogP contribution is 2.38. The lowest BCUT2D eigenvalue weighted by molar-refractivity contribution is -0.178. The predicted octanol–water partition coefficient (Wildman–Crippen LogP) is 3.16. The molecule has 0 radical (unpaired) electrons. The van der Waals surface area contributed by atoms with E-state index in [1.54, 1.807) is 24.5 Å². The quantitative estimate of drug-likeness (QED) is 0.510. The second-order valence-corrected chi connectivity index (χ2v) is 9.01. The van der Waals surface area contributed by atoms with Crippen LogP contribution in [-0.4, -0.2) is 60.4 Å². The maximum Gasteiger partial charge on any atom is 0.142 e. The number of ether oxygens (including phenoxy) is 1. The molecule has 7 nitrogen and oxygen atoms in total. The average molecular weight is 486 g/mol. The highest BCUT2D eigenvalue weighted by molar-refractivity contribution is 7.99. The fraction of sp³-hybridized carbons (Fsp3) is 0.300. The average Bonchev–Trinajstić information content (AvgIpc) is 3.22. The van der Waals surface area contributed by atoms with E-state index in [1.807, 2.05) is 0 Å². The van der Waals surface area contributed by atoms with Gasteiger partial charge in [-0.1, -0.05) is 41.0 Å². The molecule has 1 saturated heterocycles. The minimum Gasteiger partial charge on any atom is -0.394 e. The number of aromatic nitrogens is 3. The van der Waals surface area contributed by atoms with Crippen molar-refractivity contribution in [1.29, 1.82) is 0 Å². The standard InChI is InChI=1S/C20H18Cl2FN3O4S/c21-12-4-13(7-24-6-12)31-20-19(29)17(18(28)16(9-27)30-20)26-8-11(5-25-26)10-1-2-14(22)15(23)3-10/h1-8,16-20,27-29H,9H2/t16?,17-,18-,19?,20+/m0/s1. The molecule has 1 aliphatic heterocycles. The van der Waals surface area contributed by atoms with E-state index in [1.165, 1.54) is 41.0 Å². The monoisotopic (exact) mass is 485 g/mol. The van der Waals surface area contributed by atoms with E-state index in [4.69, 9.17) is 27.9 Å². The van der Waals surface area contributed by atoms with Crippen LogP contribution in [0.2, 0.25) is 10.0 Å². The largest absolute Gasteiger partial charge is 0.394 e. The molecule has 2 aromatic heterocycles. The Kier molecular flexibility index (Phi) is 6.83. The summed E-state index contributed by atoms with van der Waals surface area (Å²) in [6, 6.07) is 5.12. The summed E-state index contributed by atoms with van der Waals surface area (Å²) in [5, 5.41) is 36.1. The lowest BCUT2D eigenvalue weighted by Crippen LogP contribution is -2.54. The number of pyridine rings is 1. The number of nitrogens with zero attached hydrogens (tertiary/aromatic N) is 3. The number of hydrogen-bond acceptors (Lipinski definition) is 7. The van der Waals surface area contributed by atoms with Crippen LogP contribution in [-0.2, 0) is 4.74 Å². The predicted molar refractivity (Wildman–Crippen MR) is 115 cm³/mol. The molecule has 3 aromatic rings. The van der Waals surface area contributed by atoms with Gasteiger partial charge in [-0.2, -0.15) is 5.10 Å². The topological polar surface area (TPSA) is 101 Å². The van der Waals surface area contributed by atoms with Crippen LogP contribution in [0.1, 0.15) is 6.04 Å². The molecule has 5 atom stereocenters. The van der Waals surface area contributed by atoms with Crippen molar-refractivity contribution < 1.29 is 24.4 Å². The molecular formula is C20H18Cl2FN3O4S. The van der Waals surface area contributed by atoms with E-state index in [0.717, 1.165) is 0 Å². The summed E-state index contributed by atoms with van der Waals surface area (Å²) in [5.74, 6) is -0.565. The normalized spacial score (nSPS) is 26.2. The molecule has 4 rings (SSSR count). The maximum atomic E-state index is 13.8. The van der Waals surface area contributed by atoms with Crippen molar-refractivity contribution in [3.05, 3.63) is 64.9 Å². The Morgan fingerprint density at radius 3 is 2.61 bits per heavy atom. The summed E-state index contributed by atoms with van der Waals surface area (Å²) in [6.07, 6.45) is 2.77. The number of aliphatic hydroxyl groups excluding tert-OH is 3. The van der Waals surface area contributed by atoms with Crippen molar-refractivity contribution in [2.24, 2.45) is 0 Å². The van der Waals surface area contributed by atoms with Gasteiger partial charge in [0.15, 0.2) is 0 Å². The Morgan fingerprint density at radius 2 is 1.90 bits per heavy atom. The lowest BCUT2D eigenvalue weighted by atomic mass is 9.97. The zero-order valence-electron chi connectivity index (χ0n) is 15.8. The minimum absolute atomic E-state index is 0.00701. The highest BCUT2D eigenvalue weighted by atomic mass is 35.5. The molecule has 0 amide bonds. The molecular weight excluding hydrogens is 468 g/mol. The molecule has 2 unspecified atom stereocenters. The molecule has 0 saturated carbocycles. The Balaban J connectivity index is 1.62. The summed E-state index contributed by atoms with van der Waals surface area (Å²) >= 11 is 12.9. The fourth-order valence-electron chi connectivity index (χ4n) is 3.39. The number of thioether (sulfide) groups is 1. The van der Waals surface area contributed by atoms with Gasteiger partial charge in [0.2, 0.25) is 0 Å². The highest BCUT2D eigenvalue weighted by Gasteiger charge is 2.46. The van der Waals surface area contributed by atoms with Gasteiger partial charge in [0.1, 0.15) is 35.6 Å². The SMILES string of the molecule is OCC1O[C@H](Sc2cncc(Cl)c2)C(O)[C@@H](n2cc(-c3ccc(Cl)c(F)c3)cn2)[C@H]1O. The van der Waals surface area contributed by atoms with E-state index >= 15 is 0 Å². The van der Waals surface area contributed by atoms with Gasteiger partial charge in [-0.05, 0) is 23.8 Å². The van der Waals surface area contributed by atoms with Gasteiger partial charge >= 0.3 is 0 Å². The van der Waals surface area contributed by atoms with E-state index in [2.05, 4.69) is 10.1 Å². The smallest absolute Gasteiger partial charge is 0.142 e. The second-order valence-electron chi connectivity index (χ2n) is 6.99. The molecule has 1 fully saturated rings. The van der Waals surface area contributed by atoms with Crippen LogP contribution in [0.25, 0.3) is 11.1 Å². The second kappa shape index (κ2) is 9.41. The number of rotatable bonds is 5. The van der Waals surface area contributed by atoms with Crippen molar-refractivity contribution in [2.45, 2.75) is 34.7 Å². The zero-order chi connectivity index (χ0) is 22.1. The Hall–Kier alpha value is -1.72. The third-order valence-electron chi connectivity index (χ3n) is 4.94. The van der Waals surface area contributed by atoms with Crippen molar-refractivity contribution in [2.75, 3.05) is 6.61 Å². The van der Waals surface area contributed by atoms with Gasteiger partial charge in [-0.3, -0.25) is 9.67 Å². The van der Waals surface area contributed by atoms with Crippen molar-refractivity contribution >= 4 is 35.0 Å². The first-order valence-corrected chi connectivity index (χ1v) is 10.9. The lowest BCUT2D eigenvalue weighted by Gasteiger charge is -2.42. The maximum absolute atomic E-state index is 13.8. The third-order valence-corrected chi connectivity index (χ3v) is 6.57. The number of halogens is 3. The number of hydrogen-bond donors (Lipinski definition) is 3. The first kappa shape index (κ1) is 22.5. The van der Waals surface area contributed by atoms with Crippen molar-refractivity contribution in [3.63, 3.8) is 0 Å². The Bertz CT molecular complexity index is 1070. The van der Waals surface area contributed by atoms with Gasteiger partial charge in [-0.15, -0.1) is 0 Å². The van der Waals surface area contributed by atoms with Gasteiger partial charge in [0, 0.05) is 29.0 Å². The molecule has 164 valence electrons. The van der Waals surface area contributed by atoms with Crippen LogP contribution in [0.15, 0.2) is 53.9 Å². The molecule has 0 spiro atoms. The molecule has 1 aliphatic rings. The van der Waals surface area contributed by atoms with Crippen LogP contribution in [0.4, 0.5) is 4.39 Å². The van der Waals surface area contributed by atoms with Crippen LogP contribution < -0.4 is 0 Å². The Labute approximate surface area is 191 Å². The molecule has 31 heavy (non-hydrogen) atoms. The third kappa shape index (κ3) is 4.73. The van der Waals surface area contributed by atoms with Gasteiger partial charge in [-0.25, -0.2) is 4.39 Å². The molecule has 3 N–H and O–H groups in total. The summed E-state index contributed by atoms with van der Waals surface area (Å²) in [5.41, 5.74) is 0.288.